The first-order chi connectivity index (χ1) is 9.13. The molecule has 0 bridgehead atoms. The maximum absolute atomic E-state index is 6.09. The first kappa shape index (κ1) is 16.5. The number of ether oxygens (including phenoxy) is 1. The Labute approximate surface area is 129 Å². The molecule has 0 radical (unpaired) electrons. The standard InChI is InChI=1S/C13H18Cl2N2OS/c1-18-8-2-6-16-13(19)17-7-5-10-3-4-11(14)9-12(10)15/h3-4,9H,2,5-8H2,1H3,(H2,16,17,19). The maximum atomic E-state index is 6.09. The molecule has 0 aliphatic heterocycles. The van der Waals surface area contributed by atoms with Crippen molar-refractivity contribution >= 4 is 40.5 Å². The molecule has 0 fully saturated rings. The fourth-order valence-corrected chi connectivity index (χ4v) is 2.22. The lowest BCUT2D eigenvalue weighted by atomic mass is 10.1. The number of hydrogen-bond acceptors (Lipinski definition) is 2. The van der Waals surface area contributed by atoms with Crippen molar-refractivity contribution in [3.8, 4) is 0 Å². The van der Waals surface area contributed by atoms with E-state index in [2.05, 4.69) is 10.6 Å². The van der Waals surface area contributed by atoms with Crippen LogP contribution in [-0.2, 0) is 11.2 Å². The largest absolute Gasteiger partial charge is 0.385 e. The van der Waals surface area contributed by atoms with Crippen LogP contribution in [-0.4, -0.2) is 31.9 Å². The molecule has 1 aromatic carbocycles. The van der Waals surface area contributed by atoms with Crippen LogP contribution in [0.2, 0.25) is 10.0 Å². The summed E-state index contributed by atoms with van der Waals surface area (Å²) in [5, 5.41) is 8.24. The Morgan fingerprint density at radius 1 is 1.26 bits per heavy atom. The molecule has 0 aromatic heterocycles. The number of hydrogen-bond donors (Lipinski definition) is 2. The van der Waals surface area contributed by atoms with Gasteiger partial charge in [-0.25, -0.2) is 0 Å². The third-order valence-electron chi connectivity index (χ3n) is 2.51. The predicted octanol–water partition coefficient (Wildman–Crippen LogP) is 3.04. The molecule has 0 unspecified atom stereocenters. The highest BCUT2D eigenvalue weighted by molar-refractivity contribution is 7.80. The molecule has 0 aliphatic rings. The average Bonchev–Trinajstić information content (AvgIpc) is 2.37. The van der Waals surface area contributed by atoms with Crippen molar-refractivity contribution in [3.05, 3.63) is 33.8 Å². The van der Waals surface area contributed by atoms with Gasteiger partial charge in [0.1, 0.15) is 0 Å². The van der Waals surface area contributed by atoms with Crippen LogP contribution in [0.3, 0.4) is 0 Å². The zero-order valence-corrected chi connectivity index (χ0v) is 13.2. The summed E-state index contributed by atoms with van der Waals surface area (Å²) in [6.07, 6.45) is 1.73. The summed E-state index contributed by atoms with van der Waals surface area (Å²) in [5.41, 5.74) is 1.06. The Hall–Kier alpha value is -0.550. The van der Waals surface area contributed by atoms with Crippen LogP contribution in [0.5, 0.6) is 0 Å². The van der Waals surface area contributed by atoms with Crippen molar-refractivity contribution in [2.75, 3.05) is 26.8 Å². The van der Waals surface area contributed by atoms with E-state index in [1.54, 1.807) is 13.2 Å². The zero-order valence-electron chi connectivity index (χ0n) is 10.8. The molecule has 106 valence electrons. The van der Waals surface area contributed by atoms with Gasteiger partial charge in [-0.05, 0) is 42.8 Å². The molecule has 1 aromatic rings. The molecule has 3 nitrogen and oxygen atoms in total. The SMILES string of the molecule is COCCCNC(=S)NCCc1ccc(Cl)cc1Cl. The maximum Gasteiger partial charge on any atom is 0.166 e. The van der Waals surface area contributed by atoms with E-state index in [9.17, 15) is 0 Å². The van der Waals surface area contributed by atoms with Gasteiger partial charge in [0, 0.05) is 36.9 Å². The first-order valence-corrected chi connectivity index (χ1v) is 7.24. The van der Waals surface area contributed by atoms with Crippen LogP contribution < -0.4 is 10.6 Å². The lowest BCUT2D eigenvalue weighted by molar-refractivity contribution is 0.195. The lowest BCUT2D eigenvalue weighted by Gasteiger charge is -2.11. The number of rotatable bonds is 7. The molecule has 0 saturated carbocycles. The molecule has 0 saturated heterocycles. The normalized spacial score (nSPS) is 10.3. The predicted molar refractivity (Wildman–Crippen MR) is 85.3 cm³/mol. The molecule has 1 rings (SSSR count). The number of benzene rings is 1. The molecule has 0 atom stereocenters. The van der Waals surface area contributed by atoms with E-state index >= 15 is 0 Å². The fourth-order valence-electron chi connectivity index (χ4n) is 1.52. The smallest absolute Gasteiger partial charge is 0.166 e. The van der Waals surface area contributed by atoms with Crippen LogP contribution in [0.4, 0.5) is 0 Å². The topological polar surface area (TPSA) is 33.3 Å². The van der Waals surface area contributed by atoms with Gasteiger partial charge in [-0.2, -0.15) is 0 Å². The minimum atomic E-state index is 0.650. The number of thiocarbonyl (C=S) groups is 1. The van der Waals surface area contributed by atoms with Crippen LogP contribution in [0, 0.1) is 0 Å². The van der Waals surface area contributed by atoms with Gasteiger partial charge in [-0.3, -0.25) is 0 Å². The second-order valence-corrected chi connectivity index (χ2v) is 5.27. The van der Waals surface area contributed by atoms with E-state index in [-0.39, 0.29) is 0 Å². The number of halogens is 2. The third-order valence-corrected chi connectivity index (χ3v) is 3.38. The summed E-state index contributed by atoms with van der Waals surface area (Å²) in [7, 11) is 1.69. The third kappa shape index (κ3) is 6.97. The van der Waals surface area contributed by atoms with Crippen LogP contribution in [0.15, 0.2) is 18.2 Å². The number of methoxy groups -OCH3 is 1. The second-order valence-electron chi connectivity index (χ2n) is 4.01. The fraction of sp³-hybridized carbons (Fsp3) is 0.462. The van der Waals surface area contributed by atoms with Gasteiger partial charge in [0.05, 0.1) is 0 Å². The minimum Gasteiger partial charge on any atom is -0.385 e. The Morgan fingerprint density at radius 2 is 2.00 bits per heavy atom. The van der Waals surface area contributed by atoms with Gasteiger partial charge in [0.15, 0.2) is 5.11 Å². The van der Waals surface area contributed by atoms with Gasteiger partial charge in [-0.1, -0.05) is 29.3 Å². The van der Waals surface area contributed by atoms with Crippen LogP contribution in [0.25, 0.3) is 0 Å². The van der Waals surface area contributed by atoms with E-state index in [4.69, 9.17) is 40.2 Å². The Kier molecular flexibility index (Phi) is 8.14. The molecular weight excluding hydrogens is 303 g/mol. The summed E-state index contributed by atoms with van der Waals surface area (Å²) in [6, 6.07) is 5.52. The van der Waals surface area contributed by atoms with E-state index in [0.29, 0.717) is 15.2 Å². The number of nitrogens with one attached hydrogen (secondary N) is 2. The summed E-state index contributed by atoms with van der Waals surface area (Å²) in [6.45, 7) is 2.27. The summed E-state index contributed by atoms with van der Waals surface area (Å²) in [5.74, 6) is 0. The summed E-state index contributed by atoms with van der Waals surface area (Å²) in [4.78, 5) is 0. The summed E-state index contributed by atoms with van der Waals surface area (Å²) < 4.78 is 4.96. The van der Waals surface area contributed by atoms with Gasteiger partial charge >= 0.3 is 0 Å². The van der Waals surface area contributed by atoms with Gasteiger partial charge in [0.2, 0.25) is 0 Å². The molecule has 19 heavy (non-hydrogen) atoms. The average molecular weight is 321 g/mol. The molecule has 0 aliphatic carbocycles. The Balaban J connectivity index is 2.20. The van der Waals surface area contributed by atoms with Crippen molar-refractivity contribution in [1.82, 2.24) is 10.6 Å². The van der Waals surface area contributed by atoms with E-state index < -0.39 is 0 Å². The van der Waals surface area contributed by atoms with Gasteiger partial charge < -0.3 is 15.4 Å². The molecule has 0 spiro atoms. The van der Waals surface area contributed by atoms with E-state index in [0.717, 1.165) is 38.1 Å². The van der Waals surface area contributed by atoms with Crippen molar-refractivity contribution in [2.45, 2.75) is 12.8 Å². The summed E-state index contributed by atoms with van der Waals surface area (Å²) >= 11 is 17.1. The quantitative estimate of drug-likeness (QED) is 0.597. The molecule has 0 heterocycles. The highest BCUT2D eigenvalue weighted by Gasteiger charge is 2.01. The van der Waals surface area contributed by atoms with Crippen molar-refractivity contribution < 1.29 is 4.74 Å². The van der Waals surface area contributed by atoms with Crippen molar-refractivity contribution in [1.29, 1.82) is 0 Å². The highest BCUT2D eigenvalue weighted by atomic mass is 35.5. The Bertz CT molecular complexity index is 416. The second kappa shape index (κ2) is 9.37. The molecular formula is C13H18Cl2N2OS. The molecule has 6 heteroatoms. The monoisotopic (exact) mass is 320 g/mol. The zero-order chi connectivity index (χ0) is 14.1. The molecule has 2 N–H and O–H groups in total. The Morgan fingerprint density at radius 3 is 2.68 bits per heavy atom. The van der Waals surface area contributed by atoms with Crippen LogP contribution >= 0.6 is 35.4 Å². The molecule has 0 amide bonds. The first-order valence-electron chi connectivity index (χ1n) is 6.08. The lowest BCUT2D eigenvalue weighted by Crippen LogP contribution is -2.37. The van der Waals surface area contributed by atoms with Crippen molar-refractivity contribution in [2.24, 2.45) is 0 Å². The van der Waals surface area contributed by atoms with E-state index in [1.165, 1.54) is 0 Å². The minimum absolute atomic E-state index is 0.650. The highest BCUT2D eigenvalue weighted by Crippen LogP contribution is 2.20. The van der Waals surface area contributed by atoms with Crippen LogP contribution in [0.1, 0.15) is 12.0 Å². The van der Waals surface area contributed by atoms with Gasteiger partial charge in [-0.15, -0.1) is 0 Å². The van der Waals surface area contributed by atoms with E-state index in [1.807, 2.05) is 12.1 Å². The van der Waals surface area contributed by atoms with Gasteiger partial charge in [0.25, 0.3) is 0 Å². The van der Waals surface area contributed by atoms with Crippen molar-refractivity contribution in [3.63, 3.8) is 0 Å².